The van der Waals surface area contributed by atoms with Gasteiger partial charge in [0.2, 0.25) is 0 Å². The Labute approximate surface area is 97.5 Å². The van der Waals surface area contributed by atoms with Gasteiger partial charge < -0.3 is 15.9 Å². The smallest absolute Gasteiger partial charge is 0.129 e. The van der Waals surface area contributed by atoms with Crippen LogP contribution in [0.3, 0.4) is 0 Å². The molecule has 4 N–H and O–H groups in total. The molecule has 0 fully saturated rings. The predicted molar refractivity (Wildman–Crippen MR) is 64.7 cm³/mol. The van der Waals surface area contributed by atoms with Crippen LogP contribution in [0, 0.1) is 0 Å². The van der Waals surface area contributed by atoms with Crippen LogP contribution in [0.4, 0.5) is 5.69 Å². The summed E-state index contributed by atoms with van der Waals surface area (Å²) in [6, 6.07) is 11.8. The maximum atomic E-state index is 9.61. The van der Waals surface area contributed by atoms with Crippen molar-refractivity contribution in [3.63, 3.8) is 0 Å². The average molecular weight is 233 g/mol. The van der Waals surface area contributed by atoms with Crippen molar-refractivity contribution in [3.8, 4) is 11.5 Å². The minimum absolute atomic E-state index is 0.120. The molecule has 0 aromatic heterocycles. The Morgan fingerprint density at radius 2 is 1.69 bits per heavy atom. The first-order chi connectivity index (χ1) is 7.66. The lowest BCUT2D eigenvalue weighted by molar-refractivity contribution is 0.448. The molecule has 3 nitrogen and oxygen atoms in total. The van der Waals surface area contributed by atoms with Crippen molar-refractivity contribution in [2.75, 3.05) is 5.73 Å². The lowest BCUT2D eigenvalue weighted by atomic mass is 10.3. The summed E-state index contributed by atoms with van der Waals surface area (Å²) in [5, 5.41) is 18.9. The lowest BCUT2D eigenvalue weighted by Gasteiger charge is -2.06. The maximum absolute atomic E-state index is 9.61. The highest BCUT2D eigenvalue weighted by Gasteiger charge is 2.06. The van der Waals surface area contributed by atoms with Crippen molar-refractivity contribution in [2.45, 2.75) is 9.79 Å². The molecule has 0 amide bonds. The Morgan fingerprint density at radius 1 is 0.938 bits per heavy atom. The molecule has 2 rings (SSSR count). The van der Waals surface area contributed by atoms with Crippen LogP contribution in [0.2, 0.25) is 0 Å². The van der Waals surface area contributed by atoms with Gasteiger partial charge in [0.15, 0.2) is 0 Å². The molecule has 0 unspecified atom stereocenters. The summed E-state index contributed by atoms with van der Waals surface area (Å²) in [7, 11) is 0. The van der Waals surface area contributed by atoms with Crippen LogP contribution in [0.1, 0.15) is 0 Å². The Hall–Kier alpha value is -1.81. The third-order valence-corrected chi connectivity index (χ3v) is 3.22. The first-order valence-corrected chi connectivity index (χ1v) is 5.53. The summed E-state index contributed by atoms with van der Waals surface area (Å²) in [6.07, 6.45) is 0. The molecular weight excluding hydrogens is 222 g/mol. The number of phenolic OH excluding ortho intramolecular Hbond substituents is 2. The normalized spacial score (nSPS) is 10.2. The predicted octanol–water partition coefficient (Wildman–Crippen LogP) is 2.83. The minimum Gasteiger partial charge on any atom is -0.508 e. The van der Waals surface area contributed by atoms with E-state index in [2.05, 4.69) is 0 Å². The average Bonchev–Trinajstić information content (AvgIpc) is 2.27. The number of hydrogen-bond acceptors (Lipinski definition) is 4. The summed E-state index contributed by atoms with van der Waals surface area (Å²) in [5.74, 6) is 0.251. The van der Waals surface area contributed by atoms with E-state index in [1.807, 2.05) is 18.2 Å². The number of rotatable bonds is 2. The van der Waals surface area contributed by atoms with E-state index in [4.69, 9.17) is 5.73 Å². The molecule has 16 heavy (non-hydrogen) atoms. The fourth-order valence-corrected chi connectivity index (χ4v) is 2.20. The SMILES string of the molecule is Nc1ccccc1Sc1cc(O)ccc1O. The molecule has 0 saturated carbocycles. The third kappa shape index (κ3) is 2.23. The first kappa shape index (κ1) is 10.7. The van der Waals surface area contributed by atoms with Gasteiger partial charge in [-0.2, -0.15) is 0 Å². The van der Waals surface area contributed by atoms with E-state index in [0.717, 1.165) is 4.90 Å². The van der Waals surface area contributed by atoms with Crippen LogP contribution in [0.5, 0.6) is 11.5 Å². The largest absolute Gasteiger partial charge is 0.508 e. The summed E-state index contributed by atoms with van der Waals surface area (Å²) < 4.78 is 0. The Balaban J connectivity index is 2.34. The highest BCUT2D eigenvalue weighted by atomic mass is 32.2. The number of nitrogen functional groups attached to an aromatic ring is 1. The lowest BCUT2D eigenvalue weighted by Crippen LogP contribution is -1.87. The van der Waals surface area contributed by atoms with Crippen molar-refractivity contribution in [3.05, 3.63) is 42.5 Å². The number of aromatic hydroxyl groups is 2. The van der Waals surface area contributed by atoms with Gasteiger partial charge in [0.1, 0.15) is 11.5 Å². The van der Waals surface area contributed by atoms with Crippen LogP contribution in [-0.2, 0) is 0 Å². The van der Waals surface area contributed by atoms with Gasteiger partial charge in [0.05, 0.1) is 4.90 Å². The summed E-state index contributed by atoms with van der Waals surface area (Å²) in [5.41, 5.74) is 6.44. The second-order valence-corrected chi connectivity index (χ2v) is 4.38. The molecule has 82 valence electrons. The van der Waals surface area contributed by atoms with Gasteiger partial charge in [-0.1, -0.05) is 23.9 Å². The first-order valence-electron chi connectivity index (χ1n) is 4.71. The Bertz CT molecular complexity index is 514. The zero-order valence-electron chi connectivity index (χ0n) is 8.42. The number of para-hydroxylation sites is 1. The van der Waals surface area contributed by atoms with Gasteiger partial charge in [-0.05, 0) is 30.3 Å². The number of anilines is 1. The fraction of sp³-hybridized carbons (Fsp3) is 0. The van der Waals surface area contributed by atoms with Gasteiger partial charge in [-0.3, -0.25) is 0 Å². The molecule has 0 heterocycles. The molecule has 2 aromatic rings. The summed E-state index contributed by atoms with van der Waals surface area (Å²) in [6.45, 7) is 0. The Morgan fingerprint density at radius 3 is 2.44 bits per heavy atom. The van der Waals surface area contributed by atoms with E-state index in [-0.39, 0.29) is 11.5 Å². The zero-order chi connectivity index (χ0) is 11.5. The number of benzene rings is 2. The third-order valence-electron chi connectivity index (χ3n) is 2.08. The quantitative estimate of drug-likeness (QED) is 0.551. The molecule has 0 saturated heterocycles. The van der Waals surface area contributed by atoms with Crippen molar-refractivity contribution in [1.29, 1.82) is 0 Å². The van der Waals surface area contributed by atoms with Crippen molar-refractivity contribution in [1.82, 2.24) is 0 Å². The van der Waals surface area contributed by atoms with Gasteiger partial charge >= 0.3 is 0 Å². The van der Waals surface area contributed by atoms with E-state index >= 15 is 0 Å². The van der Waals surface area contributed by atoms with Crippen LogP contribution >= 0.6 is 11.8 Å². The van der Waals surface area contributed by atoms with Gasteiger partial charge in [-0.15, -0.1) is 0 Å². The van der Waals surface area contributed by atoms with Gasteiger partial charge in [0.25, 0.3) is 0 Å². The van der Waals surface area contributed by atoms with Crippen molar-refractivity contribution >= 4 is 17.4 Å². The molecule has 0 aliphatic heterocycles. The highest BCUT2D eigenvalue weighted by molar-refractivity contribution is 7.99. The fourth-order valence-electron chi connectivity index (χ4n) is 1.28. The molecule has 2 aromatic carbocycles. The minimum atomic E-state index is 0.120. The van der Waals surface area contributed by atoms with E-state index in [9.17, 15) is 10.2 Å². The monoisotopic (exact) mass is 233 g/mol. The van der Waals surface area contributed by atoms with Crippen molar-refractivity contribution in [2.24, 2.45) is 0 Å². The van der Waals surface area contributed by atoms with Gasteiger partial charge in [0, 0.05) is 10.6 Å². The van der Waals surface area contributed by atoms with E-state index < -0.39 is 0 Å². The molecule has 4 heteroatoms. The van der Waals surface area contributed by atoms with Gasteiger partial charge in [-0.25, -0.2) is 0 Å². The molecular formula is C12H11NO2S. The van der Waals surface area contributed by atoms with Crippen LogP contribution < -0.4 is 5.73 Å². The number of nitrogens with two attached hydrogens (primary N) is 1. The topological polar surface area (TPSA) is 66.5 Å². The van der Waals surface area contributed by atoms with E-state index in [1.165, 1.54) is 30.0 Å². The van der Waals surface area contributed by atoms with Crippen LogP contribution in [-0.4, -0.2) is 10.2 Å². The molecule has 0 bridgehead atoms. The molecule has 0 radical (unpaired) electrons. The highest BCUT2D eigenvalue weighted by Crippen LogP contribution is 2.38. The van der Waals surface area contributed by atoms with Crippen molar-refractivity contribution < 1.29 is 10.2 Å². The molecule has 0 atom stereocenters. The van der Waals surface area contributed by atoms with E-state index in [1.54, 1.807) is 6.07 Å². The molecule has 0 spiro atoms. The zero-order valence-corrected chi connectivity index (χ0v) is 9.24. The van der Waals surface area contributed by atoms with Crippen LogP contribution in [0.25, 0.3) is 0 Å². The number of phenols is 2. The summed E-state index contributed by atoms with van der Waals surface area (Å²) in [4.78, 5) is 1.43. The summed E-state index contributed by atoms with van der Waals surface area (Å²) >= 11 is 1.32. The maximum Gasteiger partial charge on any atom is 0.129 e. The van der Waals surface area contributed by atoms with Crippen LogP contribution in [0.15, 0.2) is 52.3 Å². The Kier molecular flexibility index (Phi) is 2.92. The second-order valence-electron chi connectivity index (χ2n) is 3.29. The standard InChI is InChI=1S/C12H11NO2S/c13-9-3-1-2-4-11(9)16-12-7-8(14)5-6-10(12)15/h1-7,14-15H,13H2. The molecule has 0 aliphatic carbocycles. The number of hydrogen-bond donors (Lipinski definition) is 3. The molecule has 0 aliphatic rings. The van der Waals surface area contributed by atoms with E-state index in [0.29, 0.717) is 10.6 Å². The second kappa shape index (κ2) is 4.37.